The number of nitrogens with zero attached hydrogens (tertiary/aromatic N) is 2. The van der Waals surface area contributed by atoms with Crippen LogP contribution in [0.3, 0.4) is 0 Å². The first-order chi connectivity index (χ1) is 12.1. The van der Waals surface area contributed by atoms with E-state index in [1.54, 1.807) is 0 Å². The van der Waals surface area contributed by atoms with Crippen LogP contribution in [-0.4, -0.2) is 21.4 Å². The molecule has 6 heteroatoms. The molecule has 0 aliphatic carbocycles. The number of carbonyl (C=O) groups excluding carboxylic acids is 1. The summed E-state index contributed by atoms with van der Waals surface area (Å²) >= 11 is 1.26. The van der Waals surface area contributed by atoms with Crippen LogP contribution in [0.25, 0.3) is 11.5 Å². The van der Waals surface area contributed by atoms with E-state index in [0.717, 1.165) is 16.7 Å². The van der Waals surface area contributed by atoms with Gasteiger partial charge >= 0.3 is 0 Å². The monoisotopic (exact) mass is 353 g/mol. The molecule has 128 valence electrons. The normalized spacial score (nSPS) is 11.9. The van der Waals surface area contributed by atoms with E-state index in [4.69, 9.17) is 4.42 Å². The van der Waals surface area contributed by atoms with Crippen LogP contribution in [0.2, 0.25) is 0 Å². The molecule has 0 aliphatic heterocycles. The fourth-order valence-electron chi connectivity index (χ4n) is 2.31. The highest BCUT2D eigenvalue weighted by Crippen LogP contribution is 2.27. The first-order valence-corrected chi connectivity index (χ1v) is 8.89. The summed E-state index contributed by atoms with van der Waals surface area (Å²) in [6, 6.07) is 17.6. The number of hydrogen-bond donors (Lipinski definition) is 1. The number of amides is 1. The van der Waals surface area contributed by atoms with Crippen molar-refractivity contribution in [2.24, 2.45) is 0 Å². The second kappa shape index (κ2) is 7.98. The average Bonchev–Trinajstić information content (AvgIpc) is 3.09. The average molecular weight is 353 g/mol. The van der Waals surface area contributed by atoms with Gasteiger partial charge in [0.2, 0.25) is 11.8 Å². The molecule has 0 fully saturated rings. The van der Waals surface area contributed by atoms with Gasteiger partial charge in [-0.25, -0.2) is 0 Å². The maximum atomic E-state index is 12.2. The Kier molecular flexibility index (Phi) is 5.50. The van der Waals surface area contributed by atoms with Gasteiger partial charge in [0.05, 0.1) is 5.25 Å². The van der Waals surface area contributed by atoms with Crippen LogP contribution in [0.5, 0.6) is 0 Å². The van der Waals surface area contributed by atoms with Crippen molar-refractivity contribution >= 4 is 17.7 Å². The van der Waals surface area contributed by atoms with Gasteiger partial charge in [-0.2, -0.15) is 0 Å². The zero-order valence-corrected chi connectivity index (χ0v) is 14.9. The van der Waals surface area contributed by atoms with Crippen molar-refractivity contribution in [3.8, 4) is 11.5 Å². The molecular formula is C19H19N3O2S. The van der Waals surface area contributed by atoms with Gasteiger partial charge in [0.15, 0.2) is 0 Å². The molecule has 5 nitrogen and oxygen atoms in total. The molecule has 3 rings (SSSR count). The number of carbonyl (C=O) groups is 1. The van der Waals surface area contributed by atoms with Crippen molar-refractivity contribution in [1.82, 2.24) is 15.5 Å². The van der Waals surface area contributed by atoms with E-state index in [0.29, 0.717) is 17.7 Å². The van der Waals surface area contributed by atoms with Crippen LogP contribution >= 0.6 is 11.8 Å². The Morgan fingerprint density at radius 2 is 1.84 bits per heavy atom. The Balaban J connectivity index is 1.59. The molecule has 3 aromatic rings. The Bertz CT molecular complexity index is 849. The van der Waals surface area contributed by atoms with E-state index < -0.39 is 0 Å². The molecule has 1 amide bonds. The second-order valence-corrected chi connectivity index (χ2v) is 6.94. The van der Waals surface area contributed by atoms with Crippen LogP contribution in [0.1, 0.15) is 18.1 Å². The van der Waals surface area contributed by atoms with Crippen molar-refractivity contribution in [2.45, 2.75) is 30.9 Å². The van der Waals surface area contributed by atoms with E-state index in [9.17, 15) is 4.79 Å². The standard InChI is InChI=1S/C19H19N3O2S/c1-13-8-6-7-11-16(13)18-21-22-19(24-18)25-14(2)17(23)20-12-15-9-4-3-5-10-15/h3-11,14H,12H2,1-2H3,(H,20,23)/t14-/m0/s1. The zero-order chi connectivity index (χ0) is 17.6. The van der Waals surface area contributed by atoms with E-state index in [1.807, 2.05) is 68.4 Å². The molecule has 0 unspecified atom stereocenters. The van der Waals surface area contributed by atoms with Crippen LogP contribution in [0, 0.1) is 6.92 Å². The number of hydrogen-bond acceptors (Lipinski definition) is 5. The summed E-state index contributed by atoms with van der Waals surface area (Å²) in [7, 11) is 0. The highest BCUT2D eigenvalue weighted by Gasteiger charge is 2.19. The minimum atomic E-state index is -0.325. The number of aryl methyl sites for hydroxylation is 1. The fourth-order valence-corrected chi connectivity index (χ4v) is 3.02. The quantitative estimate of drug-likeness (QED) is 0.682. The lowest BCUT2D eigenvalue weighted by molar-refractivity contribution is -0.120. The lowest BCUT2D eigenvalue weighted by Crippen LogP contribution is -2.30. The number of nitrogens with one attached hydrogen (secondary N) is 1. The van der Waals surface area contributed by atoms with Crippen molar-refractivity contribution in [2.75, 3.05) is 0 Å². The molecule has 0 saturated heterocycles. The van der Waals surface area contributed by atoms with Gasteiger partial charge in [-0.15, -0.1) is 10.2 Å². The molecule has 1 N–H and O–H groups in total. The largest absolute Gasteiger partial charge is 0.411 e. The lowest BCUT2D eigenvalue weighted by atomic mass is 10.1. The number of aromatic nitrogens is 2. The van der Waals surface area contributed by atoms with Gasteiger partial charge in [0, 0.05) is 12.1 Å². The minimum Gasteiger partial charge on any atom is -0.411 e. The smallest absolute Gasteiger partial charge is 0.277 e. The SMILES string of the molecule is Cc1ccccc1-c1nnc(S[C@@H](C)C(=O)NCc2ccccc2)o1. The topological polar surface area (TPSA) is 68.0 Å². The number of benzene rings is 2. The first-order valence-electron chi connectivity index (χ1n) is 8.01. The molecular weight excluding hydrogens is 334 g/mol. The first kappa shape index (κ1) is 17.2. The van der Waals surface area contributed by atoms with Crippen LogP contribution in [-0.2, 0) is 11.3 Å². The van der Waals surface area contributed by atoms with E-state index in [-0.39, 0.29) is 11.2 Å². The van der Waals surface area contributed by atoms with Crippen molar-refractivity contribution in [3.63, 3.8) is 0 Å². The van der Waals surface area contributed by atoms with Crippen molar-refractivity contribution < 1.29 is 9.21 Å². The summed E-state index contributed by atoms with van der Waals surface area (Å²) in [6.07, 6.45) is 0. The van der Waals surface area contributed by atoms with Gasteiger partial charge in [0.25, 0.3) is 5.22 Å². The van der Waals surface area contributed by atoms with Gasteiger partial charge in [0.1, 0.15) is 0 Å². The third-order valence-corrected chi connectivity index (χ3v) is 4.67. The Morgan fingerprint density at radius 1 is 1.12 bits per heavy atom. The summed E-state index contributed by atoms with van der Waals surface area (Å²) in [6.45, 7) is 4.32. The molecule has 1 atom stereocenters. The Labute approximate surface area is 150 Å². The van der Waals surface area contributed by atoms with E-state index in [2.05, 4.69) is 15.5 Å². The Hall–Kier alpha value is -2.60. The molecule has 1 aromatic heterocycles. The van der Waals surface area contributed by atoms with Gasteiger partial charge < -0.3 is 9.73 Å². The summed E-state index contributed by atoms with van der Waals surface area (Å²) in [5.74, 6) is 0.405. The molecule has 2 aromatic carbocycles. The van der Waals surface area contributed by atoms with Crippen LogP contribution in [0.4, 0.5) is 0 Å². The third kappa shape index (κ3) is 4.48. The highest BCUT2D eigenvalue weighted by atomic mass is 32.2. The van der Waals surface area contributed by atoms with E-state index in [1.165, 1.54) is 11.8 Å². The molecule has 0 spiro atoms. The second-order valence-electron chi connectivity index (χ2n) is 5.65. The predicted molar refractivity (Wildman–Crippen MR) is 98.1 cm³/mol. The molecule has 1 heterocycles. The van der Waals surface area contributed by atoms with Crippen LogP contribution in [0.15, 0.2) is 64.2 Å². The molecule has 25 heavy (non-hydrogen) atoms. The highest BCUT2D eigenvalue weighted by molar-refractivity contribution is 8.00. The van der Waals surface area contributed by atoms with Gasteiger partial charge in [-0.1, -0.05) is 60.3 Å². The summed E-state index contributed by atoms with van der Waals surface area (Å²) in [5, 5.41) is 11.1. The summed E-state index contributed by atoms with van der Waals surface area (Å²) in [4.78, 5) is 12.2. The van der Waals surface area contributed by atoms with Gasteiger partial charge in [-0.05, 0) is 31.0 Å². The van der Waals surface area contributed by atoms with Crippen LogP contribution < -0.4 is 5.32 Å². The van der Waals surface area contributed by atoms with Gasteiger partial charge in [-0.3, -0.25) is 4.79 Å². The maximum Gasteiger partial charge on any atom is 0.277 e. The molecule has 0 bridgehead atoms. The van der Waals surface area contributed by atoms with Crippen molar-refractivity contribution in [1.29, 1.82) is 0 Å². The Morgan fingerprint density at radius 3 is 2.60 bits per heavy atom. The number of rotatable bonds is 6. The molecule has 0 radical (unpaired) electrons. The van der Waals surface area contributed by atoms with Crippen molar-refractivity contribution in [3.05, 3.63) is 65.7 Å². The fraction of sp³-hybridized carbons (Fsp3) is 0.211. The molecule has 0 aliphatic rings. The lowest BCUT2D eigenvalue weighted by Gasteiger charge is -2.09. The predicted octanol–water partition coefficient (Wildman–Crippen LogP) is 3.84. The maximum absolute atomic E-state index is 12.2. The van der Waals surface area contributed by atoms with E-state index >= 15 is 0 Å². The summed E-state index contributed by atoms with van der Waals surface area (Å²) in [5.41, 5.74) is 3.03. The third-order valence-electron chi connectivity index (χ3n) is 3.74. The zero-order valence-electron chi connectivity index (χ0n) is 14.1. The summed E-state index contributed by atoms with van der Waals surface area (Å²) < 4.78 is 5.69. The number of thioether (sulfide) groups is 1. The minimum absolute atomic E-state index is 0.0653. The molecule has 0 saturated carbocycles.